The largest absolute Gasteiger partial charge is 0.355 e. The van der Waals surface area contributed by atoms with Crippen LogP contribution in [0.2, 0.25) is 0 Å². The standard InChI is InChI=1S/C20H14N4.C14H22/c1-2-14-10-16-5-6-18(23-16)12-20-8-7-19(24-20)11-17-4-3-15(22-17)9-13(1)21-14;1-13(2,3)11-8-7-9-12(10-11)14(4,5)6/h1-12,21,24H;7-10H,1-6H3. The first-order chi connectivity index (χ1) is 18.0. The van der Waals surface area contributed by atoms with Crippen molar-refractivity contribution in [1.29, 1.82) is 0 Å². The van der Waals surface area contributed by atoms with E-state index in [9.17, 15) is 0 Å². The van der Waals surface area contributed by atoms with Crippen LogP contribution in [0.3, 0.4) is 0 Å². The summed E-state index contributed by atoms with van der Waals surface area (Å²) in [4.78, 5) is 16.0. The summed E-state index contributed by atoms with van der Waals surface area (Å²) >= 11 is 0. The van der Waals surface area contributed by atoms with Gasteiger partial charge >= 0.3 is 0 Å². The molecule has 0 spiro atoms. The van der Waals surface area contributed by atoms with Crippen LogP contribution in [0.5, 0.6) is 0 Å². The second-order valence-corrected chi connectivity index (χ2v) is 12.0. The number of rotatable bonds is 0. The molecule has 8 bridgehead atoms. The molecule has 0 fully saturated rings. The second kappa shape index (κ2) is 9.94. The van der Waals surface area contributed by atoms with Crippen molar-refractivity contribution in [2.75, 3.05) is 0 Å². The Kier molecular flexibility index (Phi) is 6.66. The highest BCUT2D eigenvalue weighted by molar-refractivity contribution is 5.77. The zero-order valence-corrected chi connectivity index (χ0v) is 23.1. The molecule has 0 aliphatic carbocycles. The summed E-state index contributed by atoms with van der Waals surface area (Å²) in [7, 11) is 0. The lowest BCUT2D eigenvalue weighted by molar-refractivity contribution is 0.568. The third-order valence-electron chi connectivity index (χ3n) is 6.64. The molecule has 2 aliphatic rings. The summed E-state index contributed by atoms with van der Waals surface area (Å²) in [5, 5.41) is 0. The quantitative estimate of drug-likeness (QED) is 0.219. The van der Waals surface area contributed by atoms with Crippen LogP contribution in [0.4, 0.5) is 0 Å². The van der Waals surface area contributed by atoms with Gasteiger partial charge in [-0.3, -0.25) is 0 Å². The summed E-state index contributed by atoms with van der Waals surface area (Å²) in [6.07, 6.45) is 8.09. The van der Waals surface area contributed by atoms with Gasteiger partial charge in [0.05, 0.1) is 22.8 Å². The SMILES string of the molecule is C1=Cc2cc3ccc(cc4nc(cc5ccc(cc1n2)[nH]5)C=C4)[nH]3.CC(C)(C)c1cccc(C(C)(C)C)c1. The number of fused-ring (bicyclic) bond motifs is 8. The van der Waals surface area contributed by atoms with E-state index in [1.807, 2.05) is 48.6 Å². The van der Waals surface area contributed by atoms with Crippen molar-refractivity contribution >= 4 is 46.4 Å². The Morgan fingerprint density at radius 1 is 0.447 bits per heavy atom. The fourth-order valence-electron chi connectivity index (χ4n) is 4.40. The van der Waals surface area contributed by atoms with Gasteiger partial charge in [-0.05, 0) is 94.8 Å². The van der Waals surface area contributed by atoms with E-state index in [0.29, 0.717) is 0 Å². The molecular formula is C34H36N4. The highest BCUT2D eigenvalue weighted by Gasteiger charge is 2.18. The van der Waals surface area contributed by atoms with Gasteiger partial charge in [-0.2, -0.15) is 0 Å². The van der Waals surface area contributed by atoms with Gasteiger partial charge in [-0.1, -0.05) is 65.8 Å². The summed E-state index contributed by atoms with van der Waals surface area (Å²) in [5.74, 6) is 0. The van der Waals surface area contributed by atoms with Crippen molar-refractivity contribution < 1.29 is 0 Å². The summed E-state index contributed by atoms with van der Waals surface area (Å²) in [6.45, 7) is 13.6. The van der Waals surface area contributed by atoms with Crippen LogP contribution in [0, 0.1) is 0 Å². The molecule has 5 heterocycles. The lowest BCUT2D eigenvalue weighted by atomic mass is 9.81. The molecule has 192 valence electrons. The van der Waals surface area contributed by atoms with Crippen molar-refractivity contribution in [1.82, 2.24) is 19.9 Å². The fraction of sp³-hybridized carbons (Fsp3) is 0.235. The predicted molar refractivity (Wildman–Crippen MR) is 163 cm³/mol. The third kappa shape index (κ3) is 6.20. The average Bonchev–Trinajstić information content (AvgIpc) is 3.65. The Labute approximate surface area is 225 Å². The topological polar surface area (TPSA) is 57.4 Å². The van der Waals surface area contributed by atoms with Crippen LogP contribution < -0.4 is 0 Å². The molecule has 2 N–H and O–H groups in total. The zero-order chi connectivity index (χ0) is 26.9. The molecule has 4 aromatic rings. The second-order valence-electron chi connectivity index (χ2n) is 12.0. The Hall–Kier alpha value is -4.18. The maximum Gasteiger partial charge on any atom is 0.0658 e. The molecule has 0 saturated carbocycles. The van der Waals surface area contributed by atoms with Gasteiger partial charge in [-0.25, -0.2) is 9.97 Å². The highest BCUT2D eigenvalue weighted by atomic mass is 14.8. The third-order valence-corrected chi connectivity index (χ3v) is 6.64. The van der Waals surface area contributed by atoms with E-state index in [-0.39, 0.29) is 10.8 Å². The Morgan fingerprint density at radius 3 is 1.05 bits per heavy atom. The molecule has 2 aliphatic heterocycles. The number of nitrogens with zero attached hydrogens (tertiary/aromatic N) is 2. The van der Waals surface area contributed by atoms with Crippen molar-refractivity contribution in [2.24, 2.45) is 0 Å². The van der Waals surface area contributed by atoms with Gasteiger partial charge in [-0.15, -0.1) is 0 Å². The summed E-state index contributed by atoms with van der Waals surface area (Å²) in [6, 6.07) is 25.3. The molecule has 4 heteroatoms. The van der Waals surface area contributed by atoms with Gasteiger partial charge in [0.2, 0.25) is 0 Å². The normalized spacial score (nSPS) is 12.8. The number of aromatic nitrogens is 4. The monoisotopic (exact) mass is 500 g/mol. The molecule has 6 rings (SSSR count). The average molecular weight is 501 g/mol. The molecule has 1 aromatic carbocycles. The maximum atomic E-state index is 4.63. The number of benzene rings is 1. The Balaban J connectivity index is 0.000000181. The zero-order valence-electron chi connectivity index (χ0n) is 23.1. The lowest BCUT2D eigenvalue weighted by Crippen LogP contribution is -2.15. The van der Waals surface area contributed by atoms with E-state index in [2.05, 4.69) is 110 Å². The summed E-state index contributed by atoms with van der Waals surface area (Å²) < 4.78 is 0. The minimum absolute atomic E-state index is 0.251. The highest BCUT2D eigenvalue weighted by Crippen LogP contribution is 2.28. The van der Waals surface area contributed by atoms with E-state index in [0.717, 1.165) is 44.8 Å². The molecule has 38 heavy (non-hydrogen) atoms. The van der Waals surface area contributed by atoms with Crippen molar-refractivity contribution in [3.05, 3.63) is 107 Å². The smallest absolute Gasteiger partial charge is 0.0658 e. The van der Waals surface area contributed by atoms with E-state index < -0.39 is 0 Å². The first-order valence-corrected chi connectivity index (χ1v) is 13.2. The molecular weight excluding hydrogens is 464 g/mol. The Morgan fingerprint density at radius 2 is 0.763 bits per heavy atom. The molecule has 4 nitrogen and oxygen atoms in total. The lowest BCUT2D eigenvalue weighted by Gasteiger charge is -2.24. The molecule has 0 unspecified atom stereocenters. The predicted octanol–water partition coefficient (Wildman–Crippen LogP) is 8.94. The van der Waals surface area contributed by atoms with Crippen LogP contribution in [0.1, 0.15) is 75.4 Å². The number of aromatic amines is 2. The van der Waals surface area contributed by atoms with Gasteiger partial charge < -0.3 is 9.97 Å². The number of H-pyrrole nitrogens is 2. The van der Waals surface area contributed by atoms with Crippen LogP contribution in [-0.2, 0) is 10.8 Å². The van der Waals surface area contributed by atoms with Gasteiger partial charge in [0, 0.05) is 22.1 Å². The summed E-state index contributed by atoms with van der Waals surface area (Å²) in [5.41, 5.74) is 11.2. The van der Waals surface area contributed by atoms with Crippen molar-refractivity contribution in [2.45, 2.75) is 52.4 Å². The van der Waals surface area contributed by atoms with E-state index in [1.54, 1.807) is 0 Å². The minimum Gasteiger partial charge on any atom is -0.355 e. The molecule has 0 atom stereocenters. The van der Waals surface area contributed by atoms with Crippen LogP contribution in [0.15, 0.2) is 72.8 Å². The number of hydrogen-bond acceptors (Lipinski definition) is 2. The number of hydrogen-bond donors (Lipinski definition) is 2. The van der Waals surface area contributed by atoms with Gasteiger partial charge in [0.25, 0.3) is 0 Å². The van der Waals surface area contributed by atoms with Gasteiger partial charge in [0.1, 0.15) is 0 Å². The van der Waals surface area contributed by atoms with Gasteiger partial charge in [0.15, 0.2) is 0 Å². The van der Waals surface area contributed by atoms with E-state index in [1.165, 1.54) is 11.1 Å². The minimum atomic E-state index is 0.251. The fourth-order valence-corrected chi connectivity index (χ4v) is 4.40. The first kappa shape index (κ1) is 25.5. The van der Waals surface area contributed by atoms with Crippen LogP contribution >= 0.6 is 0 Å². The van der Waals surface area contributed by atoms with Crippen LogP contribution in [0.25, 0.3) is 46.4 Å². The molecule has 0 saturated heterocycles. The van der Waals surface area contributed by atoms with E-state index in [4.69, 9.17) is 0 Å². The Bertz CT molecular complexity index is 1480. The molecule has 0 amide bonds. The molecule has 0 radical (unpaired) electrons. The van der Waals surface area contributed by atoms with Crippen LogP contribution in [-0.4, -0.2) is 19.9 Å². The van der Waals surface area contributed by atoms with Crippen molar-refractivity contribution in [3.63, 3.8) is 0 Å². The van der Waals surface area contributed by atoms with Crippen molar-refractivity contribution in [3.8, 4) is 0 Å². The maximum absolute atomic E-state index is 4.63. The number of nitrogens with one attached hydrogen (secondary N) is 2. The van der Waals surface area contributed by atoms with E-state index >= 15 is 0 Å². The first-order valence-electron chi connectivity index (χ1n) is 13.2. The molecule has 3 aromatic heterocycles.